The molecule has 0 unspecified atom stereocenters. The van der Waals surface area contributed by atoms with Gasteiger partial charge in [0, 0.05) is 19.3 Å². The molecule has 3 aromatic rings. The largest absolute Gasteiger partial charge is 0.457 e. The summed E-state index contributed by atoms with van der Waals surface area (Å²) in [6.45, 7) is 6.59. The van der Waals surface area contributed by atoms with E-state index in [1.165, 1.54) is 0 Å². The molecular formula is C21H20BrClN4O. The fourth-order valence-electron chi connectivity index (χ4n) is 2.63. The van der Waals surface area contributed by atoms with Crippen molar-refractivity contribution in [2.45, 2.75) is 6.92 Å². The van der Waals surface area contributed by atoms with E-state index in [-0.39, 0.29) is 5.28 Å². The van der Waals surface area contributed by atoms with Gasteiger partial charge in [-0.1, -0.05) is 30.4 Å². The van der Waals surface area contributed by atoms with Crippen LogP contribution in [0.5, 0.6) is 11.5 Å². The number of aromatic nitrogens is 2. The first-order valence-electron chi connectivity index (χ1n) is 8.63. The first-order valence-corrected chi connectivity index (χ1v) is 9.80. The van der Waals surface area contributed by atoms with Crippen molar-refractivity contribution in [2.75, 3.05) is 23.8 Å². The Labute approximate surface area is 178 Å². The predicted molar refractivity (Wildman–Crippen MR) is 119 cm³/mol. The van der Waals surface area contributed by atoms with Crippen LogP contribution in [0.2, 0.25) is 5.28 Å². The Kier molecular flexibility index (Phi) is 6.54. The van der Waals surface area contributed by atoms with Gasteiger partial charge in [-0.25, -0.2) is 0 Å². The third-order valence-electron chi connectivity index (χ3n) is 3.85. The first-order chi connectivity index (χ1) is 13.5. The normalized spacial score (nSPS) is 10.4. The van der Waals surface area contributed by atoms with Crippen molar-refractivity contribution in [1.29, 1.82) is 0 Å². The number of halogens is 2. The highest BCUT2D eigenvalue weighted by molar-refractivity contribution is 9.10. The van der Waals surface area contributed by atoms with Crippen LogP contribution in [0.25, 0.3) is 0 Å². The molecule has 1 N–H and O–H groups in total. The van der Waals surface area contributed by atoms with Crippen LogP contribution < -0.4 is 15.0 Å². The average Bonchev–Trinajstić information content (AvgIpc) is 2.69. The number of nitrogens with zero attached hydrogens (tertiary/aromatic N) is 3. The van der Waals surface area contributed by atoms with Gasteiger partial charge in [0.15, 0.2) is 5.82 Å². The molecule has 0 aliphatic carbocycles. The van der Waals surface area contributed by atoms with E-state index >= 15 is 0 Å². The zero-order valence-corrected chi connectivity index (χ0v) is 18.0. The summed E-state index contributed by atoms with van der Waals surface area (Å²) in [7, 11) is 1.78. The molecule has 0 saturated heterocycles. The fourth-order valence-corrected chi connectivity index (χ4v) is 3.38. The van der Waals surface area contributed by atoms with Crippen molar-refractivity contribution in [3.63, 3.8) is 0 Å². The Bertz CT molecular complexity index is 964. The highest BCUT2D eigenvalue weighted by Gasteiger charge is 2.19. The SMILES string of the molecule is C=C(C)CN(c1ccc(Oc2ccccc2)cc1)c1nc(Cl)nc(NC)c1Br. The molecule has 1 aromatic heterocycles. The van der Waals surface area contributed by atoms with Gasteiger partial charge in [0.25, 0.3) is 0 Å². The number of para-hydroxylation sites is 1. The maximum atomic E-state index is 6.13. The Hall–Kier alpha value is -2.57. The van der Waals surface area contributed by atoms with Crippen molar-refractivity contribution in [3.05, 3.63) is 76.5 Å². The van der Waals surface area contributed by atoms with Crippen molar-refractivity contribution in [1.82, 2.24) is 9.97 Å². The third-order valence-corrected chi connectivity index (χ3v) is 4.75. The summed E-state index contributed by atoms with van der Waals surface area (Å²) in [5, 5.41) is 3.19. The summed E-state index contributed by atoms with van der Waals surface area (Å²) in [5.74, 6) is 2.81. The summed E-state index contributed by atoms with van der Waals surface area (Å²) < 4.78 is 6.60. The van der Waals surface area contributed by atoms with E-state index in [4.69, 9.17) is 16.3 Å². The number of benzene rings is 2. The summed E-state index contributed by atoms with van der Waals surface area (Å²) in [6.07, 6.45) is 0. The van der Waals surface area contributed by atoms with Gasteiger partial charge in [0.05, 0.1) is 0 Å². The van der Waals surface area contributed by atoms with Crippen LogP contribution in [0.3, 0.4) is 0 Å². The number of hydrogen-bond acceptors (Lipinski definition) is 5. The highest BCUT2D eigenvalue weighted by atomic mass is 79.9. The van der Waals surface area contributed by atoms with E-state index in [1.807, 2.05) is 66.4 Å². The molecule has 28 heavy (non-hydrogen) atoms. The van der Waals surface area contributed by atoms with Crippen molar-refractivity contribution in [2.24, 2.45) is 0 Å². The molecule has 0 atom stereocenters. The van der Waals surface area contributed by atoms with E-state index in [9.17, 15) is 0 Å². The van der Waals surface area contributed by atoms with Crippen LogP contribution in [0, 0.1) is 0 Å². The summed E-state index contributed by atoms with van der Waals surface area (Å²) in [5.41, 5.74) is 1.91. The van der Waals surface area contributed by atoms with Crippen LogP contribution >= 0.6 is 27.5 Å². The van der Waals surface area contributed by atoms with Gasteiger partial charge in [-0.2, -0.15) is 9.97 Å². The number of nitrogens with one attached hydrogen (secondary N) is 1. The topological polar surface area (TPSA) is 50.3 Å². The van der Waals surface area contributed by atoms with Gasteiger partial charge in [-0.05, 0) is 70.9 Å². The molecule has 0 fully saturated rings. The Morgan fingerprint density at radius 1 is 1.11 bits per heavy atom. The number of rotatable bonds is 7. The lowest BCUT2D eigenvalue weighted by Gasteiger charge is -2.26. The van der Waals surface area contributed by atoms with E-state index in [2.05, 4.69) is 37.8 Å². The molecule has 0 aliphatic heterocycles. The number of ether oxygens (including phenoxy) is 1. The van der Waals surface area contributed by atoms with E-state index < -0.39 is 0 Å². The quantitative estimate of drug-likeness (QED) is 0.325. The molecule has 0 saturated carbocycles. The third kappa shape index (κ3) is 4.82. The van der Waals surface area contributed by atoms with Crippen molar-refractivity contribution >= 4 is 44.9 Å². The molecule has 3 rings (SSSR count). The van der Waals surface area contributed by atoms with Gasteiger partial charge < -0.3 is 15.0 Å². The predicted octanol–water partition coefficient (Wildman–Crippen LogP) is 6.44. The van der Waals surface area contributed by atoms with E-state index in [1.54, 1.807) is 7.05 Å². The zero-order chi connectivity index (χ0) is 20.1. The lowest BCUT2D eigenvalue weighted by molar-refractivity contribution is 0.482. The molecule has 2 aromatic carbocycles. The van der Waals surface area contributed by atoms with Crippen molar-refractivity contribution < 1.29 is 4.74 Å². The van der Waals surface area contributed by atoms with Crippen LogP contribution in [0.1, 0.15) is 6.92 Å². The first kappa shape index (κ1) is 20.2. The summed E-state index contributed by atoms with van der Waals surface area (Å²) >= 11 is 9.71. The highest BCUT2D eigenvalue weighted by Crippen LogP contribution is 2.36. The Morgan fingerprint density at radius 2 is 1.75 bits per heavy atom. The second kappa shape index (κ2) is 9.08. The standard InChI is InChI=1S/C21H20BrClN4O/c1-14(2)13-27(20-18(22)19(24-3)25-21(23)26-20)15-9-11-17(12-10-15)28-16-7-5-4-6-8-16/h4-12H,1,13H2,2-3H3,(H,24,25,26). The van der Waals surface area contributed by atoms with E-state index in [0.29, 0.717) is 18.2 Å². The van der Waals surface area contributed by atoms with Crippen molar-refractivity contribution in [3.8, 4) is 11.5 Å². The number of anilines is 3. The van der Waals surface area contributed by atoms with Gasteiger partial charge in [0.1, 0.15) is 21.8 Å². The molecule has 0 radical (unpaired) electrons. The van der Waals surface area contributed by atoms with Crippen LogP contribution in [0.4, 0.5) is 17.3 Å². The Morgan fingerprint density at radius 3 is 2.36 bits per heavy atom. The molecule has 144 valence electrons. The van der Waals surface area contributed by atoms with E-state index in [0.717, 1.165) is 27.2 Å². The van der Waals surface area contributed by atoms with Crippen LogP contribution in [-0.4, -0.2) is 23.6 Å². The smallest absolute Gasteiger partial charge is 0.226 e. The second-order valence-electron chi connectivity index (χ2n) is 6.18. The average molecular weight is 460 g/mol. The van der Waals surface area contributed by atoms with Crippen LogP contribution in [-0.2, 0) is 0 Å². The van der Waals surface area contributed by atoms with Gasteiger partial charge in [-0.3, -0.25) is 0 Å². The summed E-state index contributed by atoms with van der Waals surface area (Å²) in [6, 6.07) is 17.5. The molecule has 0 aliphatic rings. The van der Waals surface area contributed by atoms with Crippen LogP contribution in [0.15, 0.2) is 71.2 Å². The molecule has 0 spiro atoms. The fraction of sp³-hybridized carbons (Fsp3) is 0.143. The molecule has 7 heteroatoms. The molecule has 0 bridgehead atoms. The molecular weight excluding hydrogens is 440 g/mol. The minimum atomic E-state index is 0.165. The molecule has 0 amide bonds. The minimum absolute atomic E-state index is 0.165. The maximum Gasteiger partial charge on any atom is 0.226 e. The summed E-state index contributed by atoms with van der Waals surface area (Å²) in [4.78, 5) is 10.6. The second-order valence-corrected chi connectivity index (χ2v) is 7.31. The zero-order valence-electron chi connectivity index (χ0n) is 15.6. The van der Waals surface area contributed by atoms with Gasteiger partial charge in [0.2, 0.25) is 5.28 Å². The maximum absolute atomic E-state index is 6.13. The number of hydrogen-bond donors (Lipinski definition) is 1. The van der Waals surface area contributed by atoms with Gasteiger partial charge >= 0.3 is 0 Å². The monoisotopic (exact) mass is 458 g/mol. The Balaban J connectivity index is 1.94. The molecule has 1 heterocycles. The lowest BCUT2D eigenvalue weighted by Crippen LogP contribution is -2.21. The van der Waals surface area contributed by atoms with Gasteiger partial charge in [-0.15, -0.1) is 0 Å². The molecule has 5 nitrogen and oxygen atoms in total. The minimum Gasteiger partial charge on any atom is -0.457 e. The lowest BCUT2D eigenvalue weighted by atomic mass is 10.2.